The molecule has 6 nitrogen and oxygen atoms in total. The third-order valence-corrected chi connectivity index (χ3v) is 7.58. The molecule has 2 heterocycles. The maximum Gasteiger partial charge on any atom is 0.285 e. The van der Waals surface area contributed by atoms with Gasteiger partial charge < -0.3 is 10.2 Å². The summed E-state index contributed by atoms with van der Waals surface area (Å²) in [5.41, 5.74) is 2.43. The van der Waals surface area contributed by atoms with Crippen molar-refractivity contribution in [1.29, 1.82) is 0 Å². The van der Waals surface area contributed by atoms with Crippen LogP contribution in [-0.4, -0.2) is 37.8 Å². The van der Waals surface area contributed by atoms with E-state index < -0.39 is 22.0 Å². The second-order valence-electron chi connectivity index (χ2n) is 7.99. The molecule has 0 aromatic heterocycles. The smallest absolute Gasteiger partial charge is 0.285 e. The maximum atomic E-state index is 13.2. The number of hydrogen-bond acceptors (Lipinski definition) is 5. The first-order valence-corrected chi connectivity index (χ1v) is 11.8. The molecule has 1 amide bonds. The summed E-state index contributed by atoms with van der Waals surface area (Å²) in [6, 6.07) is 16.2. The van der Waals surface area contributed by atoms with E-state index >= 15 is 0 Å². The molecule has 7 heteroatoms. The highest BCUT2D eigenvalue weighted by Gasteiger charge is 2.45. The Kier molecular flexibility index (Phi) is 5.56. The molecule has 158 valence electrons. The fourth-order valence-electron chi connectivity index (χ4n) is 4.10. The molecule has 2 aliphatic heterocycles. The monoisotopic (exact) mass is 425 g/mol. The van der Waals surface area contributed by atoms with Crippen LogP contribution < -0.4 is 10.2 Å². The zero-order valence-electron chi connectivity index (χ0n) is 17.3. The van der Waals surface area contributed by atoms with E-state index in [1.54, 1.807) is 38.1 Å². The van der Waals surface area contributed by atoms with Crippen molar-refractivity contribution in [2.24, 2.45) is 0 Å². The SMILES string of the molecule is CC(C)N1C(=O)C(Nc2ccc(N3CCCCC3)cc2)=C(c2ccccc2)S1(=O)=O. The quantitative estimate of drug-likeness (QED) is 0.783. The second kappa shape index (κ2) is 8.14. The van der Waals surface area contributed by atoms with Gasteiger partial charge in [-0.15, -0.1) is 0 Å². The van der Waals surface area contributed by atoms with Gasteiger partial charge in [0, 0.05) is 30.5 Å². The Morgan fingerprint density at radius 3 is 2.13 bits per heavy atom. The van der Waals surface area contributed by atoms with E-state index in [1.807, 2.05) is 30.3 Å². The first-order chi connectivity index (χ1) is 14.4. The third-order valence-electron chi connectivity index (χ3n) is 5.52. The number of nitrogens with zero attached hydrogens (tertiary/aromatic N) is 2. The number of anilines is 2. The van der Waals surface area contributed by atoms with Crippen molar-refractivity contribution in [2.45, 2.75) is 39.2 Å². The molecule has 2 aromatic rings. The molecule has 1 N–H and O–H groups in total. The number of amides is 1. The molecule has 0 aliphatic carbocycles. The summed E-state index contributed by atoms with van der Waals surface area (Å²) in [7, 11) is -3.93. The fourth-order valence-corrected chi connectivity index (χ4v) is 5.99. The van der Waals surface area contributed by atoms with Gasteiger partial charge in [0.25, 0.3) is 15.9 Å². The minimum atomic E-state index is -3.93. The number of hydrogen-bond donors (Lipinski definition) is 1. The van der Waals surface area contributed by atoms with Gasteiger partial charge in [0.2, 0.25) is 0 Å². The van der Waals surface area contributed by atoms with Crippen molar-refractivity contribution in [1.82, 2.24) is 4.31 Å². The van der Waals surface area contributed by atoms with E-state index in [0.717, 1.165) is 23.1 Å². The summed E-state index contributed by atoms with van der Waals surface area (Å²) in [4.78, 5) is 15.5. The second-order valence-corrected chi connectivity index (χ2v) is 9.74. The van der Waals surface area contributed by atoms with E-state index in [2.05, 4.69) is 10.2 Å². The molecule has 0 bridgehead atoms. The summed E-state index contributed by atoms with van der Waals surface area (Å²) >= 11 is 0. The summed E-state index contributed by atoms with van der Waals surface area (Å²) in [6.07, 6.45) is 3.67. The molecule has 2 aromatic carbocycles. The standard InChI is InChI=1S/C23H27N3O3S/c1-17(2)26-23(27)21(22(30(26,28)29)18-9-5-3-6-10-18)24-19-11-13-20(14-12-19)25-15-7-4-8-16-25/h3,5-6,9-14,17,24H,4,7-8,15-16H2,1-2H3. The van der Waals surface area contributed by atoms with Gasteiger partial charge in [0.1, 0.15) is 10.6 Å². The predicted molar refractivity (Wildman–Crippen MR) is 120 cm³/mol. The Balaban J connectivity index is 1.70. The normalized spacial score (nSPS) is 19.0. The van der Waals surface area contributed by atoms with Gasteiger partial charge in [-0.2, -0.15) is 0 Å². The van der Waals surface area contributed by atoms with Crippen LogP contribution >= 0.6 is 0 Å². The van der Waals surface area contributed by atoms with Crippen LogP contribution in [-0.2, 0) is 14.8 Å². The molecule has 0 atom stereocenters. The minimum absolute atomic E-state index is 0.0295. The Morgan fingerprint density at radius 1 is 0.900 bits per heavy atom. The number of benzene rings is 2. The molecule has 0 radical (unpaired) electrons. The molecular formula is C23H27N3O3S. The number of piperidine rings is 1. The molecule has 0 unspecified atom stereocenters. The lowest BCUT2D eigenvalue weighted by atomic mass is 10.1. The largest absolute Gasteiger partial charge is 0.372 e. The van der Waals surface area contributed by atoms with E-state index in [1.165, 1.54) is 19.3 Å². The van der Waals surface area contributed by atoms with Gasteiger partial charge in [-0.3, -0.25) is 4.79 Å². The number of carbonyl (C=O) groups excluding carboxylic acids is 1. The molecule has 1 saturated heterocycles. The maximum absolute atomic E-state index is 13.2. The average Bonchev–Trinajstić information content (AvgIpc) is 2.94. The van der Waals surface area contributed by atoms with Crippen LogP contribution in [0.2, 0.25) is 0 Å². The predicted octanol–water partition coefficient (Wildman–Crippen LogP) is 4.04. The van der Waals surface area contributed by atoms with E-state index in [4.69, 9.17) is 0 Å². The number of nitrogens with one attached hydrogen (secondary N) is 1. The summed E-state index contributed by atoms with van der Waals surface area (Å²) in [5, 5.41) is 3.10. The van der Waals surface area contributed by atoms with Crippen molar-refractivity contribution in [2.75, 3.05) is 23.3 Å². The lowest BCUT2D eigenvalue weighted by molar-refractivity contribution is -0.123. The first-order valence-electron chi connectivity index (χ1n) is 10.4. The average molecular weight is 426 g/mol. The summed E-state index contributed by atoms with van der Waals surface area (Å²) < 4.78 is 27.4. The van der Waals surface area contributed by atoms with Gasteiger partial charge in [0.15, 0.2) is 0 Å². The van der Waals surface area contributed by atoms with Crippen LogP contribution in [0.4, 0.5) is 11.4 Å². The first kappa shape index (κ1) is 20.5. The molecule has 4 rings (SSSR count). The number of carbonyl (C=O) groups is 1. The highest BCUT2D eigenvalue weighted by atomic mass is 32.2. The Hall–Kier alpha value is -2.80. The minimum Gasteiger partial charge on any atom is -0.372 e. The van der Waals surface area contributed by atoms with Crippen LogP contribution in [0.25, 0.3) is 4.91 Å². The molecule has 1 fully saturated rings. The van der Waals surface area contributed by atoms with Gasteiger partial charge >= 0.3 is 0 Å². The van der Waals surface area contributed by atoms with Crippen molar-refractivity contribution < 1.29 is 13.2 Å². The van der Waals surface area contributed by atoms with Crippen LogP contribution in [0.1, 0.15) is 38.7 Å². The van der Waals surface area contributed by atoms with Gasteiger partial charge in [-0.05, 0) is 62.9 Å². The van der Waals surface area contributed by atoms with Crippen molar-refractivity contribution in [3.8, 4) is 0 Å². The van der Waals surface area contributed by atoms with Crippen molar-refractivity contribution >= 4 is 32.2 Å². The van der Waals surface area contributed by atoms with Crippen LogP contribution in [0, 0.1) is 0 Å². The number of rotatable bonds is 5. The van der Waals surface area contributed by atoms with E-state index in [9.17, 15) is 13.2 Å². The zero-order chi connectivity index (χ0) is 21.3. The Bertz CT molecular complexity index is 1050. The van der Waals surface area contributed by atoms with Gasteiger partial charge in [0.05, 0.1) is 0 Å². The summed E-state index contributed by atoms with van der Waals surface area (Å²) in [6.45, 7) is 5.51. The van der Waals surface area contributed by atoms with Crippen LogP contribution in [0.15, 0.2) is 60.3 Å². The van der Waals surface area contributed by atoms with Gasteiger partial charge in [-0.25, -0.2) is 12.7 Å². The molecule has 2 aliphatic rings. The lowest BCUT2D eigenvalue weighted by Crippen LogP contribution is -2.38. The summed E-state index contributed by atoms with van der Waals surface area (Å²) in [5.74, 6) is -0.524. The van der Waals surface area contributed by atoms with E-state index in [0.29, 0.717) is 11.3 Å². The topological polar surface area (TPSA) is 69.7 Å². The van der Waals surface area contributed by atoms with Crippen LogP contribution in [0.3, 0.4) is 0 Å². The lowest BCUT2D eigenvalue weighted by Gasteiger charge is -2.28. The highest BCUT2D eigenvalue weighted by Crippen LogP contribution is 2.37. The van der Waals surface area contributed by atoms with Crippen molar-refractivity contribution in [3.05, 3.63) is 65.9 Å². The molecule has 0 saturated carbocycles. The molecule has 30 heavy (non-hydrogen) atoms. The van der Waals surface area contributed by atoms with Crippen LogP contribution in [0.5, 0.6) is 0 Å². The Labute approximate surface area is 178 Å². The fraction of sp³-hybridized carbons (Fsp3) is 0.348. The third kappa shape index (κ3) is 3.69. The highest BCUT2D eigenvalue weighted by molar-refractivity contribution is 7.99. The number of sulfonamides is 1. The van der Waals surface area contributed by atoms with E-state index in [-0.39, 0.29) is 10.6 Å². The zero-order valence-corrected chi connectivity index (χ0v) is 18.2. The molecule has 0 spiro atoms. The molecular weight excluding hydrogens is 398 g/mol. The van der Waals surface area contributed by atoms with Crippen molar-refractivity contribution in [3.63, 3.8) is 0 Å². The van der Waals surface area contributed by atoms with Gasteiger partial charge in [-0.1, -0.05) is 30.3 Å². The Morgan fingerprint density at radius 2 is 1.53 bits per heavy atom.